The molecule has 1 aliphatic heterocycles. The molecular weight excluding hydrogens is 228 g/mol. The summed E-state index contributed by atoms with van der Waals surface area (Å²) in [7, 11) is -3.20. The Kier molecular flexibility index (Phi) is 3.63. The summed E-state index contributed by atoms with van der Waals surface area (Å²) >= 11 is 0. The third-order valence-electron chi connectivity index (χ3n) is 2.66. The molecule has 1 atom stereocenters. The molecule has 0 radical (unpaired) electrons. The van der Waals surface area contributed by atoms with Gasteiger partial charge < -0.3 is 9.73 Å². The highest BCUT2D eigenvalue weighted by atomic mass is 32.2. The summed E-state index contributed by atoms with van der Waals surface area (Å²) in [5.74, 6) is 0.158. The summed E-state index contributed by atoms with van der Waals surface area (Å²) in [6.07, 6.45) is 5.06. The second kappa shape index (κ2) is 4.99. The Morgan fingerprint density at radius 2 is 2.44 bits per heavy atom. The van der Waals surface area contributed by atoms with E-state index in [0.717, 1.165) is 24.9 Å². The number of nitrogens with one attached hydrogen (secondary N) is 2. The van der Waals surface area contributed by atoms with Gasteiger partial charge in [-0.15, -0.1) is 0 Å². The second-order valence-electron chi connectivity index (χ2n) is 4.03. The molecule has 1 aliphatic rings. The molecule has 6 heteroatoms. The van der Waals surface area contributed by atoms with Crippen molar-refractivity contribution < 1.29 is 12.8 Å². The fraction of sp³-hybridized carbons (Fsp3) is 0.600. The third-order valence-corrected chi connectivity index (χ3v) is 4.08. The van der Waals surface area contributed by atoms with Crippen LogP contribution in [0, 0.1) is 0 Å². The van der Waals surface area contributed by atoms with Crippen LogP contribution in [0.3, 0.4) is 0 Å². The van der Waals surface area contributed by atoms with E-state index in [1.807, 2.05) is 0 Å². The first kappa shape index (κ1) is 11.6. The van der Waals surface area contributed by atoms with E-state index >= 15 is 0 Å². The minimum absolute atomic E-state index is 0.0989. The predicted molar refractivity (Wildman–Crippen MR) is 60.4 cm³/mol. The van der Waals surface area contributed by atoms with Gasteiger partial charge in [-0.2, -0.15) is 0 Å². The highest BCUT2D eigenvalue weighted by molar-refractivity contribution is 7.89. The lowest BCUT2D eigenvalue weighted by atomic mass is 10.3. The van der Waals surface area contributed by atoms with Gasteiger partial charge in [0.05, 0.1) is 18.3 Å². The number of hydrogen-bond acceptors (Lipinski definition) is 4. The van der Waals surface area contributed by atoms with E-state index in [1.54, 1.807) is 6.07 Å². The molecule has 2 rings (SSSR count). The maximum absolute atomic E-state index is 11.7. The van der Waals surface area contributed by atoms with Crippen LogP contribution >= 0.6 is 0 Å². The van der Waals surface area contributed by atoms with Gasteiger partial charge in [0.2, 0.25) is 10.0 Å². The van der Waals surface area contributed by atoms with Crippen molar-refractivity contribution in [2.24, 2.45) is 0 Å². The van der Waals surface area contributed by atoms with Gasteiger partial charge in [-0.05, 0) is 25.5 Å². The maximum atomic E-state index is 11.7. The van der Waals surface area contributed by atoms with E-state index in [2.05, 4.69) is 10.0 Å². The van der Waals surface area contributed by atoms with Crippen LogP contribution in [-0.2, 0) is 16.6 Å². The Labute approximate surface area is 95.3 Å². The van der Waals surface area contributed by atoms with E-state index in [-0.39, 0.29) is 11.8 Å². The first-order valence-electron chi connectivity index (χ1n) is 5.37. The third kappa shape index (κ3) is 3.33. The first-order chi connectivity index (χ1) is 7.66. The first-order valence-corrected chi connectivity index (χ1v) is 7.03. The zero-order valence-corrected chi connectivity index (χ0v) is 9.79. The number of sulfonamides is 1. The minimum Gasteiger partial charge on any atom is -0.472 e. The van der Waals surface area contributed by atoms with Crippen molar-refractivity contribution in [2.45, 2.75) is 25.4 Å². The molecule has 1 saturated heterocycles. The van der Waals surface area contributed by atoms with Crippen LogP contribution in [0.25, 0.3) is 0 Å². The van der Waals surface area contributed by atoms with E-state index in [9.17, 15) is 8.42 Å². The summed E-state index contributed by atoms with van der Waals surface area (Å²) in [5, 5.41) is 3.17. The van der Waals surface area contributed by atoms with Gasteiger partial charge in [0.15, 0.2) is 0 Å². The van der Waals surface area contributed by atoms with Gasteiger partial charge in [-0.3, -0.25) is 0 Å². The Bertz CT molecular complexity index is 407. The van der Waals surface area contributed by atoms with Gasteiger partial charge in [0.1, 0.15) is 0 Å². The summed E-state index contributed by atoms with van der Waals surface area (Å²) in [4.78, 5) is 0. The predicted octanol–water partition coefficient (Wildman–Crippen LogP) is 0.451. The Morgan fingerprint density at radius 1 is 1.56 bits per heavy atom. The van der Waals surface area contributed by atoms with Crippen molar-refractivity contribution in [3.8, 4) is 0 Å². The van der Waals surface area contributed by atoms with E-state index in [0.29, 0.717) is 6.54 Å². The Morgan fingerprint density at radius 3 is 3.06 bits per heavy atom. The molecule has 1 aromatic rings. The van der Waals surface area contributed by atoms with E-state index in [1.165, 1.54) is 12.5 Å². The molecule has 0 aromatic carbocycles. The normalized spacial score (nSPS) is 21.4. The topological polar surface area (TPSA) is 71.3 Å². The molecule has 0 aliphatic carbocycles. The molecular formula is C10H16N2O3S. The van der Waals surface area contributed by atoms with Crippen molar-refractivity contribution in [2.75, 3.05) is 12.3 Å². The largest absolute Gasteiger partial charge is 0.472 e. The van der Waals surface area contributed by atoms with E-state index in [4.69, 9.17) is 4.42 Å². The van der Waals surface area contributed by atoms with Crippen LogP contribution in [-0.4, -0.2) is 26.8 Å². The van der Waals surface area contributed by atoms with Crippen LogP contribution in [0.4, 0.5) is 0 Å². The monoisotopic (exact) mass is 244 g/mol. The molecule has 1 fully saturated rings. The van der Waals surface area contributed by atoms with Crippen molar-refractivity contribution in [3.63, 3.8) is 0 Å². The lowest BCUT2D eigenvalue weighted by Gasteiger charge is -2.11. The molecule has 1 aromatic heterocycles. The molecule has 0 spiro atoms. The van der Waals surface area contributed by atoms with E-state index < -0.39 is 10.0 Å². The fourth-order valence-electron chi connectivity index (χ4n) is 1.81. The average molecular weight is 244 g/mol. The molecule has 2 heterocycles. The zero-order valence-electron chi connectivity index (χ0n) is 8.98. The van der Waals surface area contributed by atoms with Gasteiger partial charge >= 0.3 is 0 Å². The van der Waals surface area contributed by atoms with Gasteiger partial charge in [-0.25, -0.2) is 13.1 Å². The highest BCUT2D eigenvalue weighted by Crippen LogP contribution is 2.07. The minimum atomic E-state index is -3.20. The van der Waals surface area contributed by atoms with Crippen LogP contribution in [0.1, 0.15) is 18.4 Å². The van der Waals surface area contributed by atoms with Crippen LogP contribution in [0.15, 0.2) is 23.0 Å². The molecule has 2 N–H and O–H groups in total. The van der Waals surface area contributed by atoms with Crippen LogP contribution < -0.4 is 10.0 Å². The molecule has 0 amide bonds. The fourth-order valence-corrected chi connectivity index (χ4v) is 3.13. The molecule has 5 nitrogen and oxygen atoms in total. The van der Waals surface area contributed by atoms with Crippen molar-refractivity contribution in [3.05, 3.63) is 24.2 Å². The van der Waals surface area contributed by atoms with Crippen LogP contribution in [0.2, 0.25) is 0 Å². The molecule has 1 unspecified atom stereocenters. The lowest BCUT2D eigenvalue weighted by Crippen LogP contribution is -2.36. The smallest absolute Gasteiger partial charge is 0.213 e. The van der Waals surface area contributed by atoms with Crippen molar-refractivity contribution >= 4 is 10.0 Å². The summed E-state index contributed by atoms with van der Waals surface area (Å²) in [6, 6.07) is 1.85. The molecule has 16 heavy (non-hydrogen) atoms. The number of rotatable bonds is 5. The van der Waals surface area contributed by atoms with Crippen LogP contribution in [0.5, 0.6) is 0 Å². The average Bonchev–Trinajstić information content (AvgIpc) is 2.85. The quantitative estimate of drug-likeness (QED) is 0.789. The highest BCUT2D eigenvalue weighted by Gasteiger charge is 2.21. The number of hydrogen-bond donors (Lipinski definition) is 2. The van der Waals surface area contributed by atoms with Gasteiger partial charge in [-0.1, -0.05) is 0 Å². The van der Waals surface area contributed by atoms with Gasteiger partial charge in [0, 0.05) is 18.2 Å². The maximum Gasteiger partial charge on any atom is 0.213 e. The SMILES string of the molecule is O=S(=O)(CC1CCCN1)NCc1ccoc1. The summed E-state index contributed by atoms with van der Waals surface area (Å²) in [6.45, 7) is 1.22. The lowest BCUT2D eigenvalue weighted by molar-refractivity contribution is 0.556. The Hall–Kier alpha value is -0.850. The summed E-state index contributed by atoms with van der Waals surface area (Å²) in [5.41, 5.74) is 0.836. The number of furan rings is 1. The van der Waals surface area contributed by atoms with Gasteiger partial charge in [0.25, 0.3) is 0 Å². The Balaban J connectivity index is 1.82. The summed E-state index contributed by atoms with van der Waals surface area (Å²) < 4.78 is 30.8. The second-order valence-corrected chi connectivity index (χ2v) is 5.88. The standard InChI is InChI=1S/C10H16N2O3S/c13-16(14,8-10-2-1-4-11-10)12-6-9-3-5-15-7-9/h3,5,7,10-12H,1-2,4,6,8H2. The molecule has 0 bridgehead atoms. The molecule has 90 valence electrons. The van der Waals surface area contributed by atoms with Crippen molar-refractivity contribution in [1.29, 1.82) is 0 Å². The zero-order chi connectivity index (χ0) is 11.4. The van der Waals surface area contributed by atoms with Crippen molar-refractivity contribution in [1.82, 2.24) is 10.0 Å². The molecule has 0 saturated carbocycles.